The molecule has 0 unspecified atom stereocenters. The first-order valence-electron chi connectivity index (χ1n) is 9.00. The number of rotatable bonds is 7. The summed E-state index contributed by atoms with van der Waals surface area (Å²) in [7, 11) is -3.39. The molecular formula is C19H32N2O2S. The van der Waals surface area contributed by atoms with Gasteiger partial charge in [0.2, 0.25) is 10.0 Å². The Morgan fingerprint density at radius 2 is 2.04 bits per heavy atom. The summed E-state index contributed by atoms with van der Waals surface area (Å²) in [5, 5.41) is 3.40. The van der Waals surface area contributed by atoms with Gasteiger partial charge in [-0.2, -0.15) is 4.31 Å². The predicted octanol–water partition coefficient (Wildman–Crippen LogP) is 3.63. The van der Waals surface area contributed by atoms with Crippen LogP contribution in [0.3, 0.4) is 0 Å². The van der Waals surface area contributed by atoms with E-state index in [1.807, 2.05) is 18.2 Å². The molecule has 1 aliphatic rings. The van der Waals surface area contributed by atoms with Gasteiger partial charge in [-0.05, 0) is 54.8 Å². The fourth-order valence-electron chi connectivity index (χ4n) is 3.16. The van der Waals surface area contributed by atoms with Crippen LogP contribution < -0.4 is 5.32 Å². The van der Waals surface area contributed by atoms with Crippen molar-refractivity contribution in [2.24, 2.45) is 11.3 Å². The van der Waals surface area contributed by atoms with E-state index in [4.69, 9.17) is 0 Å². The summed E-state index contributed by atoms with van der Waals surface area (Å²) in [6.45, 7) is 11.6. The van der Waals surface area contributed by atoms with E-state index in [1.165, 1.54) is 0 Å². The number of nitrogens with zero attached hydrogens (tertiary/aromatic N) is 1. The van der Waals surface area contributed by atoms with Gasteiger partial charge in [-0.3, -0.25) is 0 Å². The van der Waals surface area contributed by atoms with E-state index >= 15 is 0 Å². The lowest BCUT2D eigenvalue weighted by molar-refractivity contribution is 0.187. The lowest BCUT2D eigenvalue weighted by atomic mass is 9.85. The van der Waals surface area contributed by atoms with E-state index < -0.39 is 10.0 Å². The molecule has 1 aromatic rings. The Kier molecular flexibility index (Phi) is 6.46. The highest BCUT2D eigenvalue weighted by atomic mass is 32.2. The van der Waals surface area contributed by atoms with Gasteiger partial charge in [-0.25, -0.2) is 8.42 Å². The molecule has 1 heterocycles. The number of sulfonamides is 1. The van der Waals surface area contributed by atoms with Crippen LogP contribution in [0.2, 0.25) is 0 Å². The second-order valence-corrected chi connectivity index (χ2v) is 10.1. The summed E-state index contributed by atoms with van der Waals surface area (Å²) in [4.78, 5) is 0.420. The molecule has 0 amide bonds. The zero-order valence-electron chi connectivity index (χ0n) is 15.5. The molecule has 24 heavy (non-hydrogen) atoms. The van der Waals surface area contributed by atoms with Crippen LogP contribution in [0.15, 0.2) is 29.2 Å². The van der Waals surface area contributed by atoms with Gasteiger partial charge in [-0.15, -0.1) is 0 Å². The predicted molar refractivity (Wildman–Crippen MR) is 99.4 cm³/mol. The molecule has 2 rings (SSSR count). The molecule has 4 nitrogen and oxygen atoms in total. The van der Waals surface area contributed by atoms with E-state index in [0.29, 0.717) is 30.4 Å². The Morgan fingerprint density at radius 1 is 1.29 bits per heavy atom. The fourth-order valence-corrected chi connectivity index (χ4v) is 4.90. The number of hydrogen-bond acceptors (Lipinski definition) is 3. The summed E-state index contributed by atoms with van der Waals surface area (Å²) < 4.78 is 27.6. The third kappa shape index (κ3) is 5.30. The molecule has 136 valence electrons. The average Bonchev–Trinajstić information content (AvgIpc) is 2.51. The van der Waals surface area contributed by atoms with Crippen molar-refractivity contribution in [2.45, 2.75) is 58.4 Å². The van der Waals surface area contributed by atoms with Crippen LogP contribution in [-0.2, 0) is 16.6 Å². The van der Waals surface area contributed by atoms with Crippen molar-refractivity contribution < 1.29 is 8.42 Å². The maximum Gasteiger partial charge on any atom is 0.243 e. The summed E-state index contributed by atoms with van der Waals surface area (Å²) in [6.07, 6.45) is 3.14. The molecule has 0 saturated carbocycles. The molecule has 0 aliphatic carbocycles. The summed E-state index contributed by atoms with van der Waals surface area (Å²) in [6, 6.07) is 7.37. The van der Waals surface area contributed by atoms with Crippen molar-refractivity contribution in [3.05, 3.63) is 29.8 Å². The molecule has 0 aromatic heterocycles. The minimum Gasteiger partial charge on any atom is -0.313 e. The fraction of sp³-hybridized carbons (Fsp3) is 0.684. The maximum atomic E-state index is 13.0. The molecule has 0 radical (unpaired) electrons. The highest BCUT2D eigenvalue weighted by molar-refractivity contribution is 7.89. The molecule has 1 fully saturated rings. The first kappa shape index (κ1) is 19.4. The van der Waals surface area contributed by atoms with Crippen molar-refractivity contribution in [3.63, 3.8) is 0 Å². The number of piperidine rings is 1. The molecule has 1 aliphatic heterocycles. The van der Waals surface area contributed by atoms with Crippen LogP contribution in [-0.4, -0.2) is 32.4 Å². The summed E-state index contributed by atoms with van der Waals surface area (Å²) in [5.74, 6) is 0.673. The zero-order chi connectivity index (χ0) is 17.8. The van der Waals surface area contributed by atoms with E-state index in [-0.39, 0.29) is 5.41 Å². The third-order valence-electron chi connectivity index (χ3n) is 4.63. The molecule has 1 aromatic carbocycles. The van der Waals surface area contributed by atoms with Crippen molar-refractivity contribution in [1.82, 2.24) is 9.62 Å². The Hall–Kier alpha value is -0.910. The lowest BCUT2D eigenvalue weighted by Gasteiger charge is -2.37. The second-order valence-electron chi connectivity index (χ2n) is 8.11. The van der Waals surface area contributed by atoms with Gasteiger partial charge in [0.15, 0.2) is 0 Å². The largest absolute Gasteiger partial charge is 0.313 e. The number of hydrogen-bond donors (Lipinski definition) is 1. The highest BCUT2D eigenvalue weighted by Gasteiger charge is 2.34. The minimum absolute atomic E-state index is 0.0569. The average molecular weight is 353 g/mol. The van der Waals surface area contributed by atoms with Gasteiger partial charge in [0, 0.05) is 19.6 Å². The first-order chi connectivity index (χ1) is 11.2. The normalized spacial score (nSPS) is 18.9. The van der Waals surface area contributed by atoms with Crippen LogP contribution in [0, 0.1) is 11.3 Å². The van der Waals surface area contributed by atoms with Crippen LogP contribution in [0.4, 0.5) is 0 Å². The van der Waals surface area contributed by atoms with E-state index in [2.05, 4.69) is 33.0 Å². The SMILES string of the molecule is CC(C)CCNCc1cccc(S(=O)(=O)N2CCCC(C)(C)C2)c1. The Balaban J connectivity index is 2.06. The highest BCUT2D eigenvalue weighted by Crippen LogP contribution is 2.31. The van der Waals surface area contributed by atoms with Crippen LogP contribution >= 0.6 is 0 Å². The van der Waals surface area contributed by atoms with Crippen LogP contribution in [0.1, 0.15) is 52.5 Å². The summed E-state index contributed by atoms with van der Waals surface area (Å²) in [5.41, 5.74) is 1.08. The molecule has 1 saturated heterocycles. The van der Waals surface area contributed by atoms with E-state index in [9.17, 15) is 8.42 Å². The zero-order valence-corrected chi connectivity index (χ0v) is 16.3. The second kappa shape index (κ2) is 7.98. The van der Waals surface area contributed by atoms with Gasteiger partial charge in [0.05, 0.1) is 4.90 Å². The lowest BCUT2D eigenvalue weighted by Crippen LogP contribution is -2.43. The van der Waals surface area contributed by atoms with Crippen molar-refractivity contribution in [1.29, 1.82) is 0 Å². The molecule has 0 spiro atoms. The van der Waals surface area contributed by atoms with Crippen LogP contribution in [0.5, 0.6) is 0 Å². The smallest absolute Gasteiger partial charge is 0.243 e. The minimum atomic E-state index is -3.39. The quantitative estimate of drug-likeness (QED) is 0.762. The van der Waals surface area contributed by atoms with E-state index in [1.54, 1.807) is 10.4 Å². The van der Waals surface area contributed by atoms with Crippen molar-refractivity contribution >= 4 is 10.0 Å². The maximum absolute atomic E-state index is 13.0. The third-order valence-corrected chi connectivity index (χ3v) is 6.47. The Morgan fingerprint density at radius 3 is 2.71 bits per heavy atom. The number of benzene rings is 1. The van der Waals surface area contributed by atoms with Gasteiger partial charge in [0.1, 0.15) is 0 Å². The van der Waals surface area contributed by atoms with E-state index in [0.717, 1.165) is 31.4 Å². The summed E-state index contributed by atoms with van der Waals surface area (Å²) >= 11 is 0. The molecule has 5 heteroatoms. The molecule has 0 bridgehead atoms. The van der Waals surface area contributed by atoms with Crippen molar-refractivity contribution in [3.8, 4) is 0 Å². The van der Waals surface area contributed by atoms with Crippen LogP contribution in [0.25, 0.3) is 0 Å². The first-order valence-corrected chi connectivity index (χ1v) is 10.4. The molecular weight excluding hydrogens is 320 g/mol. The number of nitrogens with one attached hydrogen (secondary N) is 1. The standard InChI is InChI=1S/C19H32N2O2S/c1-16(2)9-11-20-14-17-7-5-8-18(13-17)24(22,23)21-12-6-10-19(3,4)15-21/h5,7-8,13,16,20H,6,9-12,14-15H2,1-4H3. The molecule has 0 atom stereocenters. The van der Waals surface area contributed by atoms with Gasteiger partial charge in [0.25, 0.3) is 0 Å². The topological polar surface area (TPSA) is 49.4 Å². The Bertz CT molecular complexity index is 639. The van der Waals surface area contributed by atoms with Crippen molar-refractivity contribution in [2.75, 3.05) is 19.6 Å². The monoisotopic (exact) mass is 352 g/mol. The van der Waals surface area contributed by atoms with Gasteiger partial charge >= 0.3 is 0 Å². The molecule has 1 N–H and O–H groups in total. The van der Waals surface area contributed by atoms with Gasteiger partial charge < -0.3 is 5.32 Å². The Labute approximate surface area is 147 Å². The van der Waals surface area contributed by atoms with Gasteiger partial charge in [-0.1, -0.05) is 39.8 Å².